The molecule has 1 aliphatic rings. The normalized spacial score (nSPS) is 20.5. The maximum atomic E-state index is 5.87. The van der Waals surface area contributed by atoms with E-state index >= 15 is 0 Å². The molecule has 0 amide bonds. The van der Waals surface area contributed by atoms with Crippen molar-refractivity contribution in [3.8, 4) is 0 Å². The van der Waals surface area contributed by atoms with Crippen LogP contribution in [-0.4, -0.2) is 22.7 Å². The van der Waals surface area contributed by atoms with E-state index in [1.165, 1.54) is 0 Å². The van der Waals surface area contributed by atoms with E-state index in [0.29, 0.717) is 5.17 Å². The second kappa shape index (κ2) is 4.06. The number of hydrogen-bond acceptors (Lipinski definition) is 3. The van der Waals surface area contributed by atoms with Gasteiger partial charge in [-0.25, -0.2) is 0 Å². The molecular formula is C11H14N2OS. The van der Waals surface area contributed by atoms with Crippen LogP contribution in [0.15, 0.2) is 24.3 Å². The third-order valence-corrected chi connectivity index (χ3v) is 2.81. The van der Waals surface area contributed by atoms with Crippen molar-refractivity contribution in [1.29, 1.82) is 0 Å². The Labute approximate surface area is 94.8 Å². The molecule has 1 fully saturated rings. The molecule has 4 heteroatoms. The zero-order chi connectivity index (χ0) is 10.8. The quantitative estimate of drug-likeness (QED) is 0.611. The van der Waals surface area contributed by atoms with Gasteiger partial charge in [0, 0.05) is 12.2 Å². The monoisotopic (exact) mass is 222 g/mol. The lowest BCUT2D eigenvalue weighted by molar-refractivity contribution is 0.256. The SMILES string of the molecule is CC1CN(Cc2ccccc2N)C(=S)O1. The Kier molecular flexibility index (Phi) is 2.77. The highest BCUT2D eigenvalue weighted by molar-refractivity contribution is 7.80. The fourth-order valence-electron chi connectivity index (χ4n) is 1.68. The summed E-state index contributed by atoms with van der Waals surface area (Å²) in [6.07, 6.45) is 0.183. The number of anilines is 1. The van der Waals surface area contributed by atoms with Gasteiger partial charge in [-0.15, -0.1) is 0 Å². The first-order chi connectivity index (χ1) is 7.16. The van der Waals surface area contributed by atoms with Crippen LogP contribution in [0.4, 0.5) is 5.69 Å². The van der Waals surface area contributed by atoms with Crippen molar-refractivity contribution in [3.63, 3.8) is 0 Å². The fraction of sp³-hybridized carbons (Fsp3) is 0.364. The summed E-state index contributed by atoms with van der Waals surface area (Å²) in [6.45, 7) is 3.59. The van der Waals surface area contributed by atoms with Gasteiger partial charge in [-0.05, 0) is 30.8 Å². The summed E-state index contributed by atoms with van der Waals surface area (Å²) in [5, 5.41) is 0.575. The summed E-state index contributed by atoms with van der Waals surface area (Å²) in [4.78, 5) is 2.03. The van der Waals surface area contributed by atoms with Crippen LogP contribution in [0.5, 0.6) is 0 Å². The van der Waals surface area contributed by atoms with Crippen molar-refractivity contribution in [2.24, 2.45) is 0 Å². The van der Waals surface area contributed by atoms with E-state index < -0.39 is 0 Å². The number of nitrogens with two attached hydrogens (primary N) is 1. The maximum Gasteiger partial charge on any atom is 0.260 e. The molecular weight excluding hydrogens is 208 g/mol. The van der Waals surface area contributed by atoms with Gasteiger partial charge in [0.2, 0.25) is 0 Å². The lowest BCUT2D eigenvalue weighted by atomic mass is 10.2. The summed E-state index contributed by atoms with van der Waals surface area (Å²) in [5.41, 5.74) is 7.77. The second-order valence-electron chi connectivity index (χ2n) is 3.77. The minimum absolute atomic E-state index is 0.183. The van der Waals surface area contributed by atoms with Gasteiger partial charge in [0.15, 0.2) is 0 Å². The molecule has 0 spiro atoms. The first kappa shape index (κ1) is 10.2. The number of thiocarbonyl (C=S) groups is 1. The molecule has 1 aliphatic heterocycles. The Morgan fingerprint density at radius 2 is 2.27 bits per heavy atom. The van der Waals surface area contributed by atoms with Crippen LogP contribution >= 0.6 is 12.2 Å². The van der Waals surface area contributed by atoms with Crippen molar-refractivity contribution in [2.75, 3.05) is 12.3 Å². The van der Waals surface area contributed by atoms with Crippen molar-refractivity contribution >= 4 is 23.1 Å². The molecule has 2 rings (SSSR count). The number of nitrogen functional groups attached to an aromatic ring is 1. The first-order valence-electron chi connectivity index (χ1n) is 4.96. The number of rotatable bonds is 2. The van der Waals surface area contributed by atoms with Crippen LogP contribution in [-0.2, 0) is 11.3 Å². The largest absolute Gasteiger partial charge is 0.466 e. The molecule has 0 bridgehead atoms. The van der Waals surface area contributed by atoms with Gasteiger partial charge in [-0.2, -0.15) is 0 Å². The highest BCUT2D eigenvalue weighted by Crippen LogP contribution is 2.18. The number of ether oxygens (including phenoxy) is 1. The molecule has 1 aromatic rings. The smallest absolute Gasteiger partial charge is 0.260 e. The molecule has 0 radical (unpaired) electrons. The van der Waals surface area contributed by atoms with Gasteiger partial charge in [-0.1, -0.05) is 18.2 Å². The van der Waals surface area contributed by atoms with E-state index in [9.17, 15) is 0 Å². The van der Waals surface area contributed by atoms with E-state index in [1.54, 1.807) is 0 Å². The average molecular weight is 222 g/mol. The lowest BCUT2D eigenvalue weighted by Gasteiger charge is -2.15. The van der Waals surface area contributed by atoms with Gasteiger partial charge >= 0.3 is 0 Å². The van der Waals surface area contributed by atoms with E-state index in [1.807, 2.05) is 36.1 Å². The van der Waals surface area contributed by atoms with Gasteiger partial charge in [0.05, 0.1) is 6.54 Å². The molecule has 1 heterocycles. The predicted molar refractivity (Wildman–Crippen MR) is 64.4 cm³/mol. The highest BCUT2D eigenvalue weighted by Gasteiger charge is 2.24. The molecule has 80 valence electrons. The minimum atomic E-state index is 0.183. The van der Waals surface area contributed by atoms with Crippen LogP contribution in [0.2, 0.25) is 0 Å². The molecule has 1 unspecified atom stereocenters. The lowest BCUT2D eigenvalue weighted by Crippen LogP contribution is -2.24. The molecule has 1 saturated heterocycles. The van der Waals surface area contributed by atoms with Crippen molar-refractivity contribution in [1.82, 2.24) is 4.90 Å². The van der Waals surface area contributed by atoms with Crippen LogP contribution in [0.3, 0.4) is 0 Å². The van der Waals surface area contributed by atoms with Crippen molar-refractivity contribution < 1.29 is 4.74 Å². The van der Waals surface area contributed by atoms with Crippen molar-refractivity contribution in [3.05, 3.63) is 29.8 Å². The molecule has 0 aliphatic carbocycles. The summed E-state index contributed by atoms with van der Waals surface area (Å²) >= 11 is 5.12. The summed E-state index contributed by atoms with van der Waals surface area (Å²) in [7, 11) is 0. The highest BCUT2D eigenvalue weighted by atomic mass is 32.1. The van der Waals surface area contributed by atoms with Crippen LogP contribution < -0.4 is 5.73 Å². The third kappa shape index (κ3) is 2.21. The Morgan fingerprint density at radius 1 is 1.53 bits per heavy atom. The van der Waals surface area contributed by atoms with Crippen LogP contribution in [0, 0.1) is 0 Å². The van der Waals surface area contributed by atoms with E-state index in [2.05, 4.69) is 0 Å². The molecule has 1 aromatic carbocycles. The number of nitrogens with zero attached hydrogens (tertiary/aromatic N) is 1. The molecule has 1 atom stereocenters. The van der Waals surface area contributed by atoms with E-state index in [4.69, 9.17) is 22.7 Å². The molecule has 15 heavy (non-hydrogen) atoms. The summed E-state index contributed by atoms with van der Waals surface area (Å²) < 4.78 is 5.40. The number of para-hydroxylation sites is 1. The fourth-order valence-corrected chi connectivity index (χ4v) is 1.99. The average Bonchev–Trinajstić information content (AvgIpc) is 2.49. The molecule has 0 saturated carbocycles. The van der Waals surface area contributed by atoms with Gasteiger partial charge < -0.3 is 15.4 Å². The van der Waals surface area contributed by atoms with Crippen LogP contribution in [0.1, 0.15) is 12.5 Å². The molecule has 0 aromatic heterocycles. The van der Waals surface area contributed by atoms with Gasteiger partial charge in [-0.3, -0.25) is 0 Å². The third-order valence-electron chi connectivity index (χ3n) is 2.45. The zero-order valence-corrected chi connectivity index (χ0v) is 9.46. The maximum absolute atomic E-state index is 5.87. The summed E-state index contributed by atoms with van der Waals surface area (Å²) in [6, 6.07) is 7.83. The minimum Gasteiger partial charge on any atom is -0.466 e. The molecule has 2 N–H and O–H groups in total. The number of hydrogen-bond donors (Lipinski definition) is 1. The zero-order valence-electron chi connectivity index (χ0n) is 8.64. The Bertz CT molecular complexity index is 381. The van der Waals surface area contributed by atoms with Crippen LogP contribution in [0.25, 0.3) is 0 Å². The van der Waals surface area contributed by atoms with Crippen molar-refractivity contribution in [2.45, 2.75) is 19.6 Å². The first-order valence-corrected chi connectivity index (χ1v) is 5.36. The standard InChI is InChI=1S/C11H14N2OS/c1-8-6-13(11(15)14-8)7-9-4-2-3-5-10(9)12/h2-5,8H,6-7,12H2,1H3. The predicted octanol–water partition coefficient (Wildman–Crippen LogP) is 1.77. The molecule has 3 nitrogen and oxygen atoms in total. The van der Waals surface area contributed by atoms with Gasteiger partial charge in [0.25, 0.3) is 5.17 Å². The summed E-state index contributed by atoms with van der Waals surface area (Å²) in [5.74, 6) is 0. The second-order valence-corrected chi connectivity index (χ2v) is 4.12. The topological polar surface area (TPSA) is 38.5 Å². The Balaban J connectivity index is 2.09. The van der Waals surface area contributed by atoms with Gasteiger partial charge in [0.1, 0.15) is 6.10 Å². The Morgan fingerprint density at radius 3 is 2.87 bits per heavy atom. The van der Waals surface area contributed by atoms with E-state index in [-0.39, 0.29) is 6.10 Å². The number of benzene rings is 1. The Hall–Kier alpha value is -1.29. The van der Waals surface area contributed by atoms with E-state index in [0.717, 1.165) is 24.3 Å².